The largest absolute Gasteiger partial charge is 0.370 e. The highest BCUT2D eigenvalue weighted by atomic mass is 15.1. The molecule has 1 aromatic heterocycles. The van der Waals surface area contributed by atoms with Crippen molar-refractivity contribution in [2.24, 2.45) is 5.92 Å². The molecule has 19 heavy (non-hydrogen) atoms. The third-order valence-corrected chi connectivity index (χ3v) is 3.01. The summed E-state index contributed by atoms with van der Waals surface area (Å²) in [6.45, 7) is 8.59. The third kappa shape index (κ3) is 5.92. The molecule has 0 aliphatic heterocycles. The highest BCUT2D eigenvalue weighted by Crippen LogP contribution is 2.14. The van der Waals surface area contributed by atoms with E-state index in [-0.39, 0.29) is 0 Å². The number of hydrogen-bond acceptors (Lipinski definition) is 4. The number of rotatable bonds is 8. The average molecular weight is 264 g/mol. The molecule has 1 atom stereocenters. The molecular formula is C15H28N4. The van der Waals surface area contributed by atoms with Crippen molar-refractivity contribution in [3.05, 3.63) is 18.2 Å². The lowest BCUT2D eigenvalue weighted by Crippen LogP contribution is -2.36. The standard InChI is InChI=1S/C15H28N4/c1-6-10-16-14-8-7-9-15(18-14)17-13(12(2)3)11-19(4)5/h7-9,12-13H,6,10-11H2,1-5H3,(H2,16,17,18). The van der Waals surface area contributed by atoms with Crippen LogP contribution < -0.4 is 10.6 Å². The summed E-state index contributed by atoms with van der Waals surface area (Å²) in [7, 11) is 4.20. The number of aromatic nitrogens is 1. The minimum Gasteiger partial charge on any atom is -0.370 e. The van der Waals surface area contributed by atoms with Gasteiger partial charge in [-0.25, -0.2) is 4.98 Å². The SMILES string of the molecule is CCCNc1cccc(NC(CN(C)C)C(C)C)n1. The quantitative estimate of drug-likeness (QED) is 0.757. The van der Waals surface area contributed by atoms with Crippen molar-refractivity contribution in [1.29, 1.82) is 0 Å². The summed E-state index contributed by atoms with van der Waals surface area (Å²) in [5.74, 6) is 2.46. The molecule has 1 aromatic rings. The first-order valence-electron chi connectivity index (χ1n) is 7.15. The van der Waals surface area contributed by atoms with Crippen molar-refractivity contribution in [3.63, 3.8) is 0 Å². The molecule has 0 radical (unpaired) electrons. The Bertz CT molecular complexity index is 363. The number of hydrogen-bond donors (Lipinski definition) is 2. The highest BCUT2D eigenvalue weighted by molar-refractivity contribution is 5.45. The summed E-state index contributed by atoms with van der Waals surface area (Å²) >= 11 is 0. The number of pyridine rings is 1. The fourth-order valence-electron chi connectivity index (χ4n) is 1.87. The summed E-state index contributed by atoms with van der Waals surface area (Å²) in [5, 5.41) is 6.85. The van der Waals surface area contributed by atoms with Gasteiger partial charge in [0.15, 0.2) is 0 Å². The van der Waals surface area contributed by atoms with Crippen LogP contribution in [0.5, 0.6) is 0 Å². The lowest BCUT2D eigenvalue weighted by atomic mass is 10.0. The molecule has 2 N–H and O–H groups in total. The normalized spacial score (nSPS) is 12.8. The van der Waals surface area contributed by atoms with E-state index in [0.29, 0.717) is 12.0 Å². The van der Waals surface area contributed by atoms with Crippen LogP contribution in [0.3, 0.4) is 0 Å². The van der Waals surface area contributed by atoms with E-state index in [2.05, 4.69) is 55.4 Å². The lowest BCUT2D eigenvalue weighted by molar-refractivity contribution is 0.344. The molecule has 0 spiro atoms. The first-order valence-corrected chi connectivity index (χ1v) is 7.15. The van der Waals surface area contributed by atoms with E-state index < -0.39 is 0 Å². The molecule has 0 saturated heterocycles. The monoisotopic (exact) mass is 264 g/mol. The first-order chi connectivity index (χ1) is 9.02. The summed E-state index contributed by atoms with van der Waals surface area (Å²) in [4.78, 5) is 6.80. The molecule has 108 valence electrons. The van der Waals surface area contributed by atoms with E-state index in [1.54, 1.807) is 0 Å². The van der Waals surface area contributed by atoms with Crippen LogP contribution in [0, 0.1) is 5.92 Å². The van der Waals surface area contributed by atoms with Crippen LogP contribution in [0.1, 0.15) is 27.2 Å². The summed E-state index contributed by atoms with van der Waals surface area (Å²) < 4.78 is 0. The molecule has 1 rings (SSSR count). The molecule has 0 amide bonds. The zero-order chi connectivity index (χ0) is 14.3. The molecule has 0 aliphatic rings. The van der Waals surface area contributed by atoms with Crippen LogP contribution in [0.25, 0.3) is 0 Å². The summed E-state index contributed by atoms with van der Waals surface area (Å²) in [6, 6.07) is 6.49. The van der Waals surface area contributed by atoms with Crippen LogP contribution in [-0.4, -0.2) is 43.1 Å². The van der Waals surface area contributed by atoms with Crippen molar-refractivity contribution in [2.75, 3.05) is 37.8 Å². The minimum atomic E-state index is 0.406. The molecular weight excluding hydrogens is 236 g/mol. The van der Waals surface area contributed by atoms with Gasteiger partial charge in [-0.2, -0.15) is 0 Å². The Morgan fingerprint density at radius 2 is 1.89 bits per heavy atom. The zero-order valence-electron chi connectivity index (χ0n) is 12.9. The Hall–Kier alpha value is -1.29. The van der Waals surface area contributed by atoms with Gasteiger partial charge in [-0.3, -0.25) is 0 Å². The molecule has 1 unspecified atom stereocenters. The molecule has 1 heterocycles. The van der Waals surface area contributed by atoms with Crippen molar-refractivity contribution >= 4 is 11.6 Å². The van der Waals surface area contributed by atoms with Crippen molar-refractivity contribution in [3.8, 4) is 0 Å². The minimum absolute atomic E-state index is 0.406. The zero-order valence-corrected chi connectivity index (χ0v) is 12.9. The van der Waals surface area contributed by atoms with Gasteiger partial charge in [0.1, 0.15) is 11.6 Å². The number of likely N-dealkylation sites (N-methyl/N-ethyl adjacent to an activating group) is 1. The second-order valence-corrected chi connectivity index (χ2v) is 5.59. The van der Waals surface area contributed by atoms with Crippen molar-refractivity contribution in [2.45, 2.75) is 33.2 Å². The van der Waals surface area contributed by atoms with Gasteiger partial charge in [0.2, 0.25) is 0 Å². The smallest absolute Gasteiger partial charge is 0.128 e. The van der Waals surface area contributed by atoms with E-state index in [4.69, 9.17) is 0 Å². The number of nitrogens with one attached hydrogen (secondary N) is 2. The highest BCUT2D eigenvalue weighted by Gasteiger charge is 2.14. The van der Waals surface area contributed by atoms with Gasteiger partial charge in [0.05, 0.1) is 0 Å². The van der Waals surface area contributed by atoms with Gasteiger partial charge < -0.3 is 15.5 Å². The van der Waals surface area contributed by atoms with Gasteiger partial charge in [-0.1, -0.05) is 26.8 Å². The molecule has 0 fully saturated rings. The second-order valence-electron chi connectivity index (χ2n) is 5.59. The Balaban J connectivity index is 2.67. The predicted molar refractivity (Wildman–Crippen MR) is 83.8 cm³/mol. The average Bonchev–Trinajstić information content (AvgIpc) is 2.35. The number of nitrogens with zero attached hydrogens (tertiary/aromatic N) is 2. The maximum atomic E-state index is 4.60. The van der Waals surface area contributed by atoms with Crippen molar-refractivity contribution < 1.29 is 0 Å². The van der Waals surface area contributed by atoms with Gasteiger partial charge in [0, 0.05) is 19.1 Å². The topological polar surface area (TPSA) is 40.2 Å². The van der Waals surface area contributed by atoms with Crippen LogP contribution >= 0.6 is 0 Å². The number of anilines is 2. The Labute approximate surface area is 117 Å². The maximum Gasteiger partial charge on any atom is 0.128 e. The van der Waals surface area contributed by atoms with Gasteiger partial charge in [0.25, 0.3) is 0 Å². The molecule has 0 bridgehead atoms. The van der Waals surface area contributed by atoms with Crippen LogP contribution in [0.2, 0.25) is 0 Å². The van der Waals surface area contributed by atoms with Crippen LogP contribution in [0.4, 0.5) is 11.6 Å². The van der Waals surface area contributed by atoms with Crippen LogP contribution in [0.15, 0.2) is 18.2 Å². The third-order valence-electron chi connectivity index (χ3n) is 3.01. The fraction of sp³-hybridized carbons (Fsp3) is 0.667. The van der Waals surface area contributed by atoms with E-state index in [0.717, 1.165) is 31.1 Å². The van der Waals surface area contributed by atoms with Gasteiger partial charge in [-0.15, -0.1) is 0 Å². The van der Waals surface area contributed by atoms with E-state index >= 15 is 0 Å². The molecule has 4 heteroatoms. The Morgan fingerprint density at radius 3 is 2.47 bits per heavy atom. The molecule has 0 aromatic carbocycles. The summed E-state index contributed by atoms with van der Waals surface area (Å²) in [5.41, 5.74) is 0. The molecule has 4 nitrogen and oxygen atoms in total. The first kappa shape index (κ1) is 15.8. The lowest BCUT2D eigenvalue weighted by Gasteiger charge is -2.26. The molecule has 0 aliphatic carbocycles. The second kappa shape index (κ2) is 8.00. The van der Waals surface area contributed by atoms with E-state index in [1.807, 2.05) is 18.2 Å². The van der Waals surface area contributed by atoms with Crippen molar-refractivity contribution in [1.82, 2.24) is 9.88 Å². The van der Waals surface area contributed by atoms with Crippen LogP contribution in [-0.2, 0) is 0 Å². The predicted octanol–water partition coefficient (Wildman–Crippen LogP) is 2.90. The van der Waals surface area contributed by atoms with E-state index in [9.17, 15) is 0 Å². The Kier molecular flexibility index (Phi) is 6.64. The fourth-order valence-corrected chi connectivity index (χ4v) is 1.87. The maximum absolute atomic E-state index is 4.60. The Morgan fingerprint density at radius 1 is 1.21 bits per heavy atom. The van der Waals surface area contributed by atoms with Gasteiger partial charge in [-0.05, 0) is 38.6 Å². The van der Waals surface area contributed by atoms with Gasteiger partial charge >= 0.3 is 0 Å². The van der Waals surface area contributed by atoms with E-state index in [1.165, 1.54) is 0 Å². The summed E-state index contributed by atoms with van der Waals surface area (Å²) in [6.07, 6.45) is 1.11. The molecule has 0 saturated carbocycles.